The van der Waals surface area contributed by atoms with Gasteiger partial charge >= 0.3 is 0 Å². The molecule has 2 saturated heterocycles. The standard InChI is InChI=1S/C13H23N3O2/c1-15(9-11-4-6-14-7-5-11)13(18)10-16-8-2-3-12(16)17/h11,14H,2-10H2,1H3. The quantitative estimate of drug-likeness (QED) is 0.771. The highest BCUT2D eigenvalue weighted by Crippen LogP contribution is 2.14. The van der Waals surface area contributed by atoms with Gasteiger partial charge in [0.05, 0.1) is 6.54 Å². The van der Waals surface area contributed by atoms with E-state index in [0.29, 0.717) is 12.3 Å². The Morgan fingerprint density at radius 3 is 2.78 bits per heavy atom. The summed E-state index contributed by atoms with van der Waals surface area (Å²) in [6, 6.07) is 0. The van der Waals surface area contributed by atoms with Gasteiger partial charge in [0.15, 0.2) is 0 Å². The van der Waals surface area contributed by atoms with Crippen LogP contribution in [-0.4, -0.2) is 61.4 Å². The monoisotopic (exact) mass is 253 g/mol. The minimum Gasteiger partial charge on any atom is -0.344 e. The number of piperidine rings is 1. The number of carbonyl (C=O) groups is 2. The maximum atomic E-state index is 12.0. The van der Waals surface area contributed by atoms with Gasteiger partial charge < -0.3 is 15.1 Å². The van der Waals surface area contributed by atoms with Crippen molar-refractivity contribution in [3.8, 4) is 0 Å². The molecule has 0 aliphatic carbocycles. The number of likely N-dealkylation sites (tertiary alicyclic amines) is 1. The molecule has 0 bridgehead atoms. The molecule has 0 radical (unpaired) electrons. The molecule has 2 aliphatic heterocycles. The lowest BCUT2D eigenvalue weighted by Crippen LogP contribution is -2.42. The van der Waals surface area contributed by atoms with Crippen LogP contribution in [0.1, 0.15) is 25.7 Å². The van der Waals surface area contributed by atoms with Crippen LogP contribution in [0.4, 0.5) is 0 Å². The van der Waals surface area contributed by atoms with E-state index in [0.717, 1.165) is 45.4 Å². The van der Waals surface area contributed by atoms with Crippen LogP contribution in [0, 0.1) is 5.92 Å². The van der Waals surface area contributed by atoms with Gasteiger partial charge in [0.2, 0.25) is 11.8 Å². The molecule has 0 unspecified atom stereocenters. The molecule has 0 aromatic heterocycles. The number of likely N-dealkylation sites (N-methyl/N-ethyl adjacent to an activating group) is 1. The molecule has 0 atom stereocenters. The van der Waals surface area contributed by atoms with Crippen LogP contribution in [-0.2, 0) is 9.59 Å². The SMILES string of the molecule is CN(CC1CCNCC1)C(=O)CN1CCCC1=O. The fraction of sp³-hybridized carbons (Fsp3) is 0.846. The summed E-state index contributed by atoms with van der Waals surface area (Å²) in [6.07, 6.45) is 3.77. The Labute approximate surface area is 108 Å². The molecule has 0 spiro atoms. The third-order valence-electron chi connectivity index (χ3n) is 3.91. The average molecular weight is 253 g/mol. The van der Waals surface area contributed by atoms with Gasteiger partial charge in [-0.05, 0) is 38.3 Å². The Kier molecular flexibility index (Phi) is 4.58. The third kappa shape index (κ3) is 3.45. The van der Waals surface area contributed by atoms with Crippen LogP contribution in [0.15, 0.2) is 0 Å². The fourth-order valence-electron chi connectivity index (χ4n) is 2.71. The average Bonchev–Trinajstić information content (AvgIpc) is 2.76. The molecule has 1 N–H and O–H groups in total. The first kappa shape index (κ1) is 13.3. The van der Waals surface area contributed by atoms with E-state index in [1.165, 1.54) is 0 Å². The van der Waals surface area contributed by atoms with Crippen molar-refractivity contribution < 1.29 is 9.59 Å². The first-order valence-corrected chi connectivity index (χ1v) is 6.89. The highest BCUT2D eigenvalue weighted by Gasteiger charge is 2.25. The van der Waals surface area contributed by atoms with E-state index in [1.54, 1.807) is 9.80 Å². The van der Waals surface area contributed by atoms with Crippen molar-refractivity contribution in [1.82, 2.24) is 15.1 Å². The van der Waals surface area contributed by atoms with E-state index in [9.17, 15) is 9.59 Å². The van der Waals surface area contributed by atoms with Crippen LogP contribution < -0.4 is 5.32 Å². The Morgan fingerprint density at radius 2 is 2.17 bits per heavy atom. The molecule has 5 heteroatoms. The molecule has 102 valence electrons. The number of nitrogens with zero attached hydrogens (tertiary/aromatic N) is 2. The number of hydrogen-bond donors (Lipinski definition) is 1. The van der Waals surface area contributed by atoms with Gasteiger partial charge in [-0.25, -0.2) is 0 Å². The Hall–Kier alpha value is -1.10. The van der Waals surface area contributed by atoms with Gasteiger partial charge in [-0.1, -0.05) is 0 Å². The second kappa shape index (κ2) is 6.18. The molecule has 5 nitrogen and oxygen atoms in total. The molecule has 2 aliphatic rings. The number of hydrogen-bond acceptors (Lipinski definition) is 3. The van der Waals surface area contributed by atoms with E-state index >= 15 is 0 Å². The maximum Gasteiger partial charge on any atom is 0.241 e. The zero-order valence-corrected chi connectivity index (χ0v) is 11.2. The molecule has 2 rings (SSSR count). The Morgan fingerprint density at radius 1 is 1.44 bits per heavy atom. The van der Waals surface area contributed by atoms with Gasteiger partial charge in [0.1, 0.15) is 0 Å². The molecular weight excluding hydrogens is 230 g/mol. The molecule has 0 aromatic carbocycles. The predicted molar refractivity (Wildman–Crippen MR) is 69.0 cm³/mol. The summed E-state index contributed by atoms with van der Waals surface area (Å²) in [5, 5.41) is 3.33. The minimum atomic E-state index is 0.0729. The lowest BCUT2D eigenvalue weighted by molar-refractivity contribution is -0.137. The largest absolute Gasteiger partial charge is 0.344 e. The molecule has 0 saturated carbocycles. The zero-order valence-electron chi connectivity index (χ0n) is 11.2. The summed E-state index contributed by atoms with van der Waals surface area (Å²) in [5.74, 6) is 0.803. The minimum absolute atomic E-state index is 0.0729. The lowest BCUT2D eigenvalue weighted by Gasteiger charge is -2.28. The Balaban J connectivity index is 1.75. The topological polar surface area (TPSA) is 52.7 Å². The summed E-state index contributed by atoms with van der Waals surface area (Å²) in [5.41, 5.74) is 0. The summed E-state index contributed by atoms with van der Waals surface area (Å²) in [4.78, 5) is 27.0. The van der Waals surface area contributed by atoms with Crippen molar-refractivity contribution in [2.45, 2.75) is 25.7 Å². The van der Waals surface area contributed by atoms with Crippen molar-refractivity contribution in [2.24, 2.45) is 5.92 Å². The van der Waals surface area contributed by atoms with Crippen LogP contribution in [0.2, 0.25) is 0 Å². The highest BCUT2D eigenvalue weighted by molar-refractivity contribution is 5.85. The van der Waals surface area contributed by atoms with Crippen LogP contribution in [0.25, 0.3) is 0 Å². The highest BCUT2D eigenvalue weighted by atomic mass is 16.2. The van der Waals surface area contributed by atoms with E-state index in [2.05, 4.69) is 5.32 Å². The van der Waals surface area contributed by atoms with Crippen LogP contribution >= 0.6 is 0 Å². The van der Waals surface area contributed by atoms with Crippen molar-refractivity contribution >= 4 is 11.8 Å². The van der Waals surface area contributed by atoms with Crippen LogP contribution in [0.3, 0.4) is 0 Å². The van der Waals surface area contributed by atoms with E-state index < -0.39 is 0 Å². The van der Waals surface area contributed by atoms with Crippen molar-refractivity contribution in [3.63, 3.8) is 0 Å². The summed E-state index contributed by atoms with van der Waals surface area (Å²) in [6.45, 7) is 3.93. The van der Waals surface area contributed by atoms with Crippen molar-refractivity contribution in [3.05, 3.63) is 0 Å². The maximum absolute atomic E-state index is 12.0. The molecule has 2 fully saturated rings. The summed E-state index contributed by atoms with van der Waals surface area (Å²) >= 11 is 0. The first-order valence-electron chi connectivity index (χ1n) is 6.89. The number of amides is 2. The summed E-state index contributed by atoms with van der Waals surface area (Å²) < 4.78 is 0. The smallest absolute Gasteiger partial charge is 0.241 e. The molecule has 2 amide bonds. The van der Waals surface area contributed by atoms with Crippen molar-refractivity contribution in [2.75, 3.05) is 39.8 Å². The van der Waals surface area contributed by atoms with Gasteiger partial charge in [0, 0.05) is 26.6 Å². The Bertz CT molecular complexity index is 313. The van der Waals surface area contributed by atoms with E-state index in [-0.39, 0.29) is 18.4 Å². The van der Waals surface area contributed by atoms with Crippen LogP contribution in [0.5, 0.6) is 0 Å². The second-order valence-electron chi connectivity index (χ2n) is 5.39. The van der Waals surface area contributed by atoms with E-state index in [1.807, 2.05) is 7.05 Å². The van der Waals surface area contributed by atoms with Crippen molar-refractivity contribution in [1.29, 1.82) is 0 Å². The van der Waals surface area contributed by atoms with Gasteiger partial charge in [-0.3, -0.25) is 9.59 Å². The predicted octanol–water partition coefficient (Wildman–Crippen LogP) is 0.0668. The normalized spacial score (nSPS) is 21.4. The number of rotatable bonds is 4. The zero-order chi connectivity index (χ0) is 13.0. The molecule has 18 heavy (non-hydrogen) atoms. The fourth-order valence-corrected chi connectivity index (χ4v) is 2.71. The summed E-state index contributed by atoms with van der Waals surface area (Å²) in [7, 11) is 1.85. The third-order valence-corrected chi connectivity index (χ3v) is 3.91. The van der Waals surface area contributed by atoms with Gasteiger partial charge in [-0.2, -0.15) is 0 Å². The van der Waals surface area contributed by atoms with Gasteiger partial charge in [-0.15, -0.1) is 0 Å². The molecule has 2 heterocycles. The van der Waals surface area contributed by atoms with E-state index in [4.69, 9.17) is 0 Å². The second-order valence-corrected chi connectivity index (χ2v) is 5.39. The number of carbonyl (C=O) groups excluding carboxylic acids is 2. The lowest BCUT2D eigenvalue weighted by atomic mass is 9.98. The molecular formula is C13H23N3O2. The first-order chi connectivity index (χ1) is 8.66. The molecule has 0 aromatic rings. The van der Waals surface area contributed by atoms with Gasteiger partial charge in [0.25, 0.3) is 0 Å². The number of nitrogens with one attached hydrogen (secondary N) is 1.